The van der Waals surface area contributed by atoms with Crippen LogP contribution in [0.1, 0.15) is 96.3 Å². The molecular formula is C49H50O11. The number of carbonyl (C=O) groups excluding carboxylic acids is 5. The Balaban J connectivity index is 1.10. The number of rotatable bonds is 23. The van der Waals surface area contributed by atoms with Gasteiger partial charge in [0.15, 0.2) is 5.78 Å². The molecule has 11 nitrogen and oxygen atoms in total. The quantitative estimate of drug-likeness (QED) is 0.0204. The van der Waals surface area contributed by atoms with E-state index in [1.54, 1.807) is 37.3 Å². The van der Waals surface area contributed by atoms with Gasteiger partial charge in [0.1, 0.15) is 23.0 Å². The first-order valence-corrected chi connectivity index (χ1v) is 20.0. The summed E-state index contributed by atoms with van der Waals surface area (Å²) >= 11 is 0. The highest BCUT2D eigenvalue weighted by Gasteiger charge is 2.18. The molecule has 11 heteroatoms. The van der Waals surface area contributed by atoms with Crippen LogP contribution < -0.4 is 18.9 Å². The number of carbonyl (C=O) groups is 5. The lowest BCUT2D eigenvalue weighted by Crippen LogP contribution is -2.12. The van der Waals surface area contributed by atoms with Gasteiger partial charge in [0.25, 0.3) is 0 Å². The summed E-state index contributed by atoms with van der Waals surface area (Å²) in [5, 5.41) is 3.40. The molecule has 0 unspecified atom stereocenters. The van der Waals surface area contributed by atoms with Crippen LogP contribution in [0.3, 0.4) is 0 Å². The molecule has 5 rings (SSSR count). The number of benzene rings is 5. The molecule has 5 aromatic rings. The van der Waals surface area contributed by atoms with E-state index in [0.717, 1.165) is 79.0 Å². The first kappa shape index (κ1) is 44.4. The number of fused-ring (bicyclic) bond motifs is 2. The van der Waals surface area contributed by atoms with E-state index >= 15 is 0 Å². The van der Waals surface area contributed by atoms with Crippen molar-refractivity contribution in [3.63, 3.8) is 0 Å². The Labute approximate surface area is 349 Å². The predicted molar refractivity (Wildman–Crippen MR) is 229 cm³/mol. The van der Waals surface area contributed by atoms with Crippen molar-refractivity contribution >= 4 is 51.2 Å². The molecule has 0 saturated carbocycles. The maximum atomic E-state index is 13.2. The molecule has 0 aliphatic heterocycles. The molecular weight excluding hydrogens is 765 g/mol. The van der Waals surface area contributed by atoms with Crippen molar-refractivity contribution in [1.29, 1.82) is 0 Å². The van der Waals surface area contributed by atoms with Crippen molar-refractivity contribution < 1.29 is 52.4 Å². The molecule has 0 saturated heterocycles. The van der Waals surface area contributed by atoms with E-state index in [1.165, 1.54) is 25.1 Å². The van der Waals surface area contributed by atoms with E-state index in [4.69, 9.17) is 28.4 Å². The van der Waals surface area contributed by atoms with E-state index in [9.17, 15) is 24.0 Å². The van der Waals surface area contributed by atoms with Crippen LogP contribution in [0.4, 0.5) is 0 Å². The Morgan fingerprint density at radius 2 is 0.983 bits per heavy atom. The van der Waals surface area contributed by atoms with E-state index in [1.807, 2.05) is 42.5 Å². The van der Waals surface area contributed by atoms with Crippen molar-refractivity contribution in [2.45, 2.75) is 65.2 Å². The van der Waals surface area contributed by atoms with Crippen molar-refractivity contribution in [2.24, 2.45) is 0 Å². The summed E-state index contributed by atoms with van der Waals surface area (Å²) in [7, 11) is 0. The topological polar surface area (TPSA) is 141 Å². The van der Waals surface area contributed by atoms with Crippen molar-refractivity contribution in [1.82, 2.24) is 0 Å². The molecule has 0 aliphatic carbocycles. The molecule has 60 heavy (non-hydrogen) atoms. The molecule has 0 bridgehead atoms. The van der Waals surface area contributed by atoms with Gasteiger partial charge in [-0.15, -0.1) is 0 Å². The van der Waals surface area contributed by atoms with Crippen LogP contribution >= 0.6 is 0 Å². The summed E-state index contributed by atoms with van der Waals surface area (Å²) < 4.78 is 33.2. The standard InChI is InChI=1S/C49H50O11/c1-5-46(51)57-26-12-8-6-10-24-55-41-20-18-35-28-39(16-14-37(35)30-41)48(53)59-43-22-23-45(44(32-43)34(4)50)60-49(54)40-17-15-38-31-42(21-19-36(38)29-40)56-25-11-7-9-13-27-58-47(52)33(2)3/h5,14-23,28-32H,1-2,6-13,24-27H2,3-4H3. The highest BCUT2D eigenvalue weighted by molar-refractivity contribution is 6.01. The van der Waals surface area contributed by atoms with Crippen LogP contribution in [0.25, 0.3) is 21.5 Å². The minimum Gasteiger partial charge on any atom is -0.494 e. The number of ether oxygens (including phenoxy) is 6. The molecule has 0 fully saturated rings. The minimum absolute atomic E-state index is 0.0410. The van der Waals surface area contributed by atoms with Crippen molar-refractivity contribution in [2.75, 3.05) is 26.4 Å². The zero-order valence-corrected chi connectivity index (χ0v) is 34.1. The van der Waals surface area contributed by atoms with Gasteiger partial charge in [0.2, 0.25) is 0 Å². The Morgan fingerprint density at radius 1 is 0.517 bits per heavy atom. The summed E-state index contributed by atoms with van der Waals surface area (Å²) in [5.41, 5.74) is 1.09. The minimum atomic E-state index is -0.649. The first-order valence-electron chi connectivity index (χ1n) is 20.0. The van der Waals surface area contributed by atoms with Gasteiger partial charge in [-0.1, -0.05) is 37.4 Å². The molecule has 0 N–H and O–H groups in total. The highest BCUT2D eigenvalue weighted by atomic mass is 16.5. The number of unbranched alkanes of at least 4 members (excludes halogenated alkanes) is 6. The number of hydrogen-bond donors (Lipinski definition) is 0. The molecule has 0 aromatic heterocycles. The Bertz CT molecular complexity index is 2360. The lowest BCUT2D eigenvalue weighted by Gasteiger charge is -2.12. The molecule has 0 spiro atoms. The highest BCUT2D eigenvalue weighted by Crippen LogP contribution is 2.29. The summed E-state index contributed by atoms with van der Waals surface area (Å²) in [4.78, 5) is 61.6. The fraction of sp³-hybridized carbons (Fsp3) is 0.286. The summed E-state index contributed by atoms with van der Waals surface area (Å²) in [5.74, 6) is -0.818. The van der Waals surface area contributed by atoms with E-state index in [2.05, 4.69) is 13.2 Å². The molecule has 0 atom stereocenters. The second-order valence-corrected chi connectivity index (χ2v) is 14.3. The Morgan fingerprint density at radius 3 is 1.50 bits per heavy atom. The van der Waals surface area contributed by atoms with Crippen LogP contribution in [0, 0.1) is 0 Å². The van der Waals surface area contributed by atoms with Gasteiger partial charge in [0.05, 0.1) is 43.1 Å². The van der Waals surface area contributed by atoms with Gasteiger partial charge in [-0.25, -0.2) is 19.2 Å². The average molecular weight is 815 g/mol. The first-order chi connectivity index (χ1) is 29.0. The molecule has 0 radical (unpaired) electrons. The van der Waals surface area contributed by atoms with E-state index in [-0.39, 0.29) is 28.8 Å². The van der Waals surface area contributed by atoms with Gasteiger partial charge in [-0.3, -0.25) is 4.79 Å². The molecule has 0 amide bonds. The van der Waals surface area contributed by atoms with Crippen molar-refractivity contribution in [3.8, 4) is 23.0 Å². The molecule has 0 heterocycles. The number of Topliss-reactive ketones (excluding diaryl/α,β-unsaturated/α-hetero) is 1. The maximum Gasteiger partial charge on any atom is 0.343 e. The lowest BCUT2D eigenvalue weighted by atomic mass is 10.1. The van der Waals surface area contributed by atoms with Gasteiger partial charge in [-0.05, 0) is 153 Å². The number of esters is 4. The zero-order chi connectivity index (χ0) is 42.9. The molecule has 312 valence electrons. The summed E-state index contributed by atoms with van der Waals surface area (Å²) in [6.45, 7) is 11.8. The van der Waals surface area contributed by atoms with E-state index in [0.29, 0.717) is 54.6 Å². The SMILES string of the molecule is C=CC(=O)OCCCCCCOc1ccc2cc(C(=O)Oc3ccc(OC(=O)c4ccc5cc(OCCCCCCOC(=O)C(=C)C)ccc5c4)c(C(C)=O)c3)ccc2c1. The lowest BCUT2D eigenvalue weighted by molar-refractivity contribution is -0.139. The van der Waals surface area contributed by atoms with Crippen LogP contribution in [0.15, 0.2) is 116 Å². The van der Waals surface area contributed by atoms with Crippen LogP contribution in [0.2, 0.25) is 0 Å². The van der Waals surface area contributed by atoms with Gasteiger partial charge < -0.3 is 28.4 Å². The smallest absolute Gasteiger partial charge is 0.343 e. The fourth-order valence-electron chi connectivity index (χ4n) is 6.16. The van der Waals surface area contributed by atoms with Gasteiger partial charge in [-0.2, -0.15) is 0 Å². The fourth-order valence-corrected chi connectivity index (χ4v) is 6.16. The monoisotopic (exact) mass is 814 g/mol. The summed E-state index contributed by atoms with van der Waals surface area (Å²) in [6.07, 6.45) is 8.18. The largest absolute Gasteiger partial charge is 0.494 e. The normalized spacial score (nSPS) is 10.8. The molecule has 0 aliphatic rings. The Hall–Kier alpha value is -6.75. The zero-order valence-electron chi connectivity index (χ0n) is 34.1. The third-order valence-electron chi connectivity index (χ3n) is 9.45. The van der Waals surface area contributed by atoms with E-state index < -0.39 is 17.9 Å². The summed E-state index contributed by atoms with van der Waals surface area (Å²) in [6, 6.07) is 25.9. The van der Waals surface area contributed by atoms with Crippen molar-refractivity contribution in [3.05, 3.63) is 132 Å². The third kappa shape index (κ3) is 13.4. The van der Waals surface area contributed by atoms with Crippen LogP contribution in [-0.4, -0.2) is 56.1 Å². The third-order valence-corrected chi connectivity index (χ3v) is 9.45. The van der Waals surface area contributed by atoms with Gasteiger partial charge in [0, 0.05) is 11.6 Å². The maximum absolute atomic E-state index is 13.2. The van der Waals surface area contributed by atoms with Crippen LogP contribution in [-0.2, 0) is 19.1 Å². The predicted octanol–water partition coefficient (Wildman–Crippen LogP) is 10.4. The number of hydrogen-bond acceptors (Lipinski definition) is 11. The Kier molecular flexibility index (Phi) is 16.6. The second-order valence-electron chi connectivity index (χ2n) is 14.3. The average Bonchev–Trinajstić information content (AvgIpc) is 3.25. The van der Waals surface area contributed by atoms with Crippen LogP contribution in [0.5, 0.6) is 23.0 Å². The second kappa shape index (κ2) is 22.4. The van der Waals surface area contributed by atoms with Gasteiger partial charge >= 0.3 is 23.9 Å². The number of ketones is 1. The molecule has 5 aromatic carbocycles.